The predicted octanol–water partition coefficient (Wildman–Crippen LogP) is 5.49. The fourth-order valence-electron chi connectivity index (χ4n) is 5.03. The van der Waals surface area contributed by atoms with Crippen LogP contribution in [0.4, 0.5) is 0 Å². The monoisotopic (exact) mass is 410 g/mol. The van der Waals surface area contributed by atoms with E-state index >= 15 is 0 Å². The summed E-state index contributed by atoms with van der Waals surface area (Å²) in [5, 5.41) is 3.66. The van der Waals surface area contributed by atoms with E-state index in [2.05, 4.69) is 30.1 Å². The third-order valence-corrected chi connectivity index (χ3v) is 6.79. The smallest absolute Gasteiger partial charge is 0.119 e. The quantitative estimate of drug-likeness (QED) is 0.410. The summed E-state index contributed by atoms with van der Waals surface area (Å²) < 4.78 is 11.7. The van der Waals surface area contributed by atoms with Gasteiger partial charge in [0.1, 0.15) is 5.75 Å². The molecule has 1 aliphatic heterocycles. The topological polar surface area (TPSA) is 42.9 Å². The van der Waals surface area contributed by atoms with Gasteiger partial charge in [0.15, 0.2) is 0 Å². The minimum Gasteiger partial charge on any atom is -0.497 e. The highest BCUT2D eigenvalue weighted by molar-refractivity contribution is 5.72. The Labute approximate surface area is 182 Å². The second-order valence-electron chi connectivity index (χ2n) is 8.80. The standard InChI is InChI=1S/C26H38N2O2/c1-4-5-16-28-22(2)25(15-19-30-26(21-25)12-6-7-13-26)14-18-27-17-11-23-9-8-10-24(20-23)29-3/h4-5,8-10,16,20,27H,2,6-7,11-15,17-19,21H2,1,3H3/b5-4-,28-16?/t25-/m1/s1. The molecule has 1 aliphatic carbocycles. The van der Waals surface area contributed by atoms with Crippen LogP contribution in [0.5, 0.6) is 5.75 Å². The number of aliphatic imine (C=N–C) groups is 1. The first-order valence-electron chi connectivity index (χ1n) is 11.4. The molecule has 2 aliphatic rings. The van der Waals surface area contributed by atoms with Gasteiger partial charge in [-0.2, -0.15) is 0 Å². The zero-order valence-corrected chi connectivity index (χ0v) is 18.8. The molecule has 0 unspecified atom stereocenters. The maximum atomic E-state index is 6.33. The van der Waals surface area contributed by atoms with Crippen LogP contribution < -0.4 is 10.1 Å². The number of rotatable bonds is 10. The van der Waals surface area contributed by atoms with Gasteiger partial charge in [0.2, 0.25) is 0 Å². The normalized spacial score (nSPS) is 23.5. The van der Waals surface area contributed by atoms with E-state index in [4.69, 9.17) is 14.5 Å². The first kappa shape index (κ1) is 22.8. The third kappa shape index (κ3) is 5.83. The molecule has 1 atom stereocenters. The molecule has 0 aromatic heterocycles. The van der Waals surface area contributed by atoms with Crippen molar-refractivity contribution in [2.45, 2.75) is 63.9 Å². The van der Waals surface area contributed by atoms with Crippen molar-refractivity contribution in [3.8, 4) is 5.75 Å². The number of nitrogens with one attached hydrogen (secondary N) is 1. The number of ether oxygens (including phenoxy) is 2. The number of hydrogen-bond donors (Lipinski definition) is 1. The average Bonchev–Trinajstić information content (AvgIpc) is 3.21. The molecule has 0 radical (unpaired) electrons. The van der Waals surface area contributed by atoms with Crippen LogP contribution in [0, 0.1) is 5.41 Å². The first-order chi connectivity index (χ1) is 14.6. The highest BCUT2D eigenvalue weighted by Gasteiger charge is 2.48. The molecule has 1 saturated heterocycles. The molecule has 164 valence electrons. The maximum Gasteiger partial charge on any atom is 0.119 e. The Hall–Kier alpha value is -1.91. The fourth-order valence-corrected chi connectivity index (χ4v) is 5.03. The zero-order valence-electron chi connectivity index (χ0n) is 18.8. The Morgan fingerprint density at radius 3 is 2.87 bits per heavy atom. The van der Waals surface area contributed by atoms with Crippen LogP contribution in [0.15, 0.2) is 53.7 Å². The van der Waals surface area contributed by atoms with E-state index in [0.717, 1.165) is 56.8 Å². The van der Waals surface area contributed by atoms with Gasteiger partial charge >= 0.3 is 0 Å². The Kier molecular flexibility index (Phi) is 8.29. The van der Waals surface area contributed by atoms with Gasteiger partial charge in [-0.15, -0.1) is 0 Å². The second kappa shape index (κ2) is 10.9. The Bertz CT molecular complexity index is 749. The van der Waals surface area contributed by atoms with Crippen LogP contribution in [0.2, 0.25) is 0 Å². The van der Waals surface area contributed by atoms with Gasteiger partial charge in [0.25, 0.3) is 0 Å². The molecule has 1 heterocycles. The molecular weight excluding hydrogens is 372 g/mol. The molecule has 1 spiro atoms. The van der Waals surface area contributed by atoms with Gasteiger partial charge < -0.3 is 14.8 Å². The zero-order chi connectivity index (χ0) is 21.3. The molecule has 1 saturated carbocycles. The van der Waals surface area contributed by atoms with Crippen LogP contribution in [-0.2, 0) is 11.2 Å². The summed E-state index contributed by atoms with van der Waals surface area (Å²) in [6.45, 7) is 9.18. The molecule has 0 bridgehead atoms. The van der Waals surface area contributed by atoms with Gasteiger partial charge in [0.05, 0.1) is 12.7 Å². The second-order valence-corrected chi connectivity index (χ2v) is 8.80. The van der Waals surface area contributed by atoms with E-state index in [1.54, 1.807) is 7.11 Å². The Morgan fingerprint density at radius 1 is 1.27 bits per heavy atom. The van der Waals surface area contributed by atoms with Crippen molar-refractivity contribution in [1.82, 2.24) is 5.32 Å². The molecule has 2 fully saturated rings. The minimum atomic E-state index is 0.0314. The van der Waals surface area contributed by atoms with Gasteiger partial charge in [-0.3, -0.25) is 4.99 Å². The van der Waals surface area contributed by atoms with E-state index in [1.807, 2.05) is 31.4 Å². The lowest BCUT2D eigenvalue weighted by Gasteiger charge is -2.47. The third-order valence-electron chi connectivity index (χ3n) is 6.79. The molecule has 1 aromatic carbocycles. The summed E-state index contributed by atoms with van der Waals surface area (Å²) in [6, 6.07) is 8.32. The first-order valence-corrected chi connectivity index (χ1v) is 11.4. The lowest BCUT2D eigenvalue weighted by molar-refractivity contribution is -0.115. The van der Waals surface area contributed by atoms with Crippen molar-refractivity contribution in [3.05, 3.63) is 54.3 Å². The van der Waals surface area contributed by atoms with Crippen LogP contribution in [0.1, 0.15) is 57.4 Å². The van der Waals surface area contributed by atoms with E-state index in [1.165, 1.54) is 31.2 Å². The van der Waals surface area contributed by atoms with Gasteiger partial charge in [-0.05, 0) is 82.3 Å². The average molecular weight is 411 g/mol. The summed E-state index contributed by atoms with van der Waals surface area (Å²) in [4.78, 5) is 4.73. The van der Waals surface area contributed by atoms with Crippen molar-refractivity contribution in [3.63, 3.8) is 0 Å². The summed E-state index contributed by atoms with van der Waals surface area (Å²) in [7, 11) is 1.72. The summed E-state index contributed by atoms with van der Waals surface area (Å²) in [5.41, 5.74) is 2.40. The van der Waals surface area contributed by atoms with Crippen molar-refractivity contribution < 1.29 is 9.47 Å². The number of allylic oxidation sites excluding steroid dienone is 3. The number of benzene rings is 1. The molecule has 4 heteroatoms. The number of nitrogens with zero attached hydrogens (tertiary/aromatic N) is 1. The predicted molar refractivity (Wildman–Crippen MR) is 125 cm³/mol. The van der Waals surface area contributed by atoms with Crippen LogP contribution in [-0.4, -0.2) is 38.6 Å². The van der Waals surface area contributed by atoms with E-state index in [-0.39, 0.29) is 11.0 Å². The lowest BCUT2D eigenvalue weighted by atomic mass is 9.68. The molecule has 0 amide bonds. The molecule has 3 rings (SSSR count). The van der Waals surface area contributed by atoms with Crippen LogP contribution in [0.3, 0.4) is 0 Å². The SMILES string of the molecule is C=C(N=C/C=C\C)[C@]1(CCNCCc2cccc(OC)c2)CCOC2(CCCC2)C1. The maximum absolute atomic E-state index is 6.33. The van der Waals surface area contributed by atoms with Crippen molar-refractivity contribution in [2.75, 3.05) is 26.8 Å². The number of hydrogen-bond acceptors (Lipinski definition) is 4. The largest absolute Gasteiger partial charge is 0.497 e. The summed E-state index contributed by atoms with van der Waals surface area (Å²) in [5.74, 6) is 0.922. The lowest BCUT2D eigenvalue weighted by Crippen LogP contribution is -2.45. The van der Waals surface area contributed by atoms with Gasteiger partial charge in [-0.25, -0.2) is 0 Å². The molecule has 1 N–H and O–H groups in total. The Morgan fingerprint density at radius 2 is 2.10 bits per heavy atom. The molecule has 30 heavy (non-hydrogen) atoms. The number of methoxy groups -OCH3 is 1. The van der Waals surface area contributed by atoms with Crippen LogP contribution >= 0.6 is 0 Å². The van der Waals surface area contributed by atoms with E-state index < -0.39 is 0 Å². The Balaban J connectivity index is 1.59. The van der Waals surface area contributed by atoms with Crippen molar-refractivity contribution in [2.24, 2.45) is 10.4 Å². The van der Waals surface area contributed by atoms with Gasteiger partial charge in [-0.1, -0.05) is 37.6 Å². The van der Waals surface area contributed by atoms with E-state index in [9.17, 15) is 0 Å². The highest BCUT2D eigenvalue weighted by atomic mass is 16.5. The van der Waals surface area contributed by atoms with Crippen molar-refractivity contribution >= 4 is 6.21 Å². The molecule has 1 aromatic rings. The molecular formula is C26H38N2O2. The highest BCUT2D eigenvalue weighted by Crippen LogP contribution is 2.52. The minimum absolute atomic E-state index is 0.0314. The van der Waals surface area contributed by atoms with Crippen molar-refractivity contribution in [1.29, 1.82) is 0 Å². The summed E-state index contributed by atoms with van der Waals surface area (Å²) >= 11 is 0. The summed E-state index contributed by atoms with van der Waals surface area (Å²) in [6.07, 6.45) is 14.9. The fraction of sp³-hybridized carbons (Fsp3) is 0.577. The van der Waals surface area contributed by atoms with Gasteiger partial charge in [0, 0.05) is 23.9 Å². The molecule has 4 nitrogen and oxygen atoms in total. The van der Waals surface area contributed by atoms with Crippen LogP contribution in [0.25, 0.3) is 0 Å². The van der Waals surface area contributed by atoms with E-state index in [0.29, 0.717) is 0 Å².